The number of sulfone groups is 1. The van der Waals surface area contributed by atoms with Gasteiger partial charge < -0.3 is 15.1 Å². The van der Waals surface area contributed by atoms with Crippen LogP contribution in [0.5, 0.6) is 0 Å². The summed E-state index contributed by atoms with van der Waals surface area (Å²) >= 11 is 0. The van der Waals surface area contributed by atoms with E-state index in [9.17, 15) is 12.8 Å². The molecule has 0 aliphatic carbocycles. The van der Waals surface area contributed by atoms with Crippen molar-refractivity contribution in [3.05, 3.63) is 48.3 Å². The third kappa shape index (κ3) is 3.62. The first kappa shape index (κ1) is 17.7. The molecule has 0 aromatic heterocycles. The minimum Gasteiger partial charge on any atom is -0.377 e. The Balaban J connectivity index is 2.06. The number of nitrogens with zero attached hydrogens (tertiary/aromatic N) is 2. The van der Waals surface area contributed by atoms with Crippen molar-refractivity contribution in [2.45, 2.75) is 9.79 Å². The second-order valence-electron chi connectivity index (χ2n) is 6.24. The predicted molar refractivity (Wildman–Crippen MR) is 97.7 cm³/mol. The van der Waals surface area contributed by atoms with Crippen LogP contribution in [0.4, 0.5) is 15.8 Å². The highest BCUT2D eigenvalue weighted by Gasteiger charge is 2.24. The zero-order valence-corrected chi connectivity index (χ0v) is 15.2. The van der Waals surface area contributed by atoms with E-state index in [0.29, 0.717) is 5.69 Å². The average Bonchev–Trinajstić information content (AvgIpc) is 2.62. The van der Waals surface area contributed by atoms with Gasteiger partial charge in [0.1, 0.15) is 5.82 Å². The molecule has 3 rings (SSSR count). The lowest BCUT2D eigenvalue weighted by atomic mass is 10.2. The summed E-state index contributed by atoms with van der Waals surface area (Å²) in [6.07, 6.45) is 0. The van der Waals surface area contributed by atoms with Crippen molar-refractivity contribution < 1.29 is 12.8 Å². The van der Waals surface area contributed by atoms with Crippen molar-refractivity contribution in [1.29, 1.82) is 0 Å². The summed E-state index contributed by atoms with van der Waals surface area (Å²) in [5.74, 6) is -0.565. The quantitative estimate of drug-likeness (QED) is 0.902. The molecule has 1 heterocycles. The number of benzene rings is 2. The number of hydrogen-bond acceptors (Lipinski definition) is 5. The molecule has 0 saturated carbocycles. The average molecular weight is 363 g/mol. The maximum absolute atomic E-state index is 13.5. The van der Waals surface area contributed by atoms with Gasteiger partial charge in [0.2, 0.25) is 9.84 Å². The lowest BCUT2D eigenvalue weighted by Gasteiger charge is -2.30. The topological polar surface area (TPSA) is 52.6 Å². The molecule has 25 heavy (non-hydrogen) atoms. The highest BCUT2D eigenvalue weighted by molar-refractivity contribution is 7.91. The van der Waals surface area contributed by atoms with E-state index in [0.717, 1.165) is 37.9 Å². The molecular formula is C18H22FN3O2S. The smallest absolute Gasteiger partial charge is 0.208 e. The lowest BCUT2D eigenvalue weighted by molar-refractivity contribution is 0.587. The normalized spacial score (nSPS) is 15.2. The fraction of sp³-hybridized carbons (Fsp3) is 0.333. The van der Waals surface area contributed by atoms with Crippen LogP contribution in [-0.4, -0.2) is 48.7 Å². The Morgan fingerprint density at radius 1 is 1.08 bits per heavy atom. The Bertz CT molecular complexity index is 862. The number of piperazine rings is 1. The molecule has 5 nitrogen and oxygen atoms in total. The molecule has 1 saturated heterocycles. The Morgan fingerprint density at radius 3 is 2.44 bits per heavy atom. The van der Waals surface area contributed by atoms with Crippen molar-refractivity contribution in [2.24, 2.45) is 0 Å². The van der Waals surface area contributed by atoms with Gasteiger partial charge in [0.15, 0.2) is 0 Å². The number of nitrogens with one attached hydrogen (secondary N) is 1. The number of anilines is 2. The number of hydrogen-bond donors (Lipinski definition) is 1. The number of rotatable bonds is 4. The molecule has 0 bridgehead atoms. The molecule has 1 aliphatic heterocycles. The highest BCUT2D eigenvalue weighted by atomic mass is 32.2. The minimum atomic E-state index is -3.80. The van der Waals surface area contributed by atoms with Crippen molar-refractivity contribution >= 4 is 21.2 Å². The van der Waals surface area contributed by atoms with Crippen LogP contribution in [-0.2, 0) is 9.84 Å². The summed E-state index contributed by atoms with van der Waals surface area (Å²) in [5.41, 5.74) is 1.59. The van der Waals surface area contributed by atoms with Gasteiger partial charge in [-0.05, 0) is 36.4 Å². The van der Waals surface area contributed by atoms with Gasteiger partial charge in [-0.15, -0.1) is 0 Å². The molecule has 2 aromatic carbocycles. The summed E-state index contributed by atoms with van der Waals surface area (Å²) in [4.78, 5) is 4.15. The molecule has 0 radical (unpaired) electrons. The van der Waals surface area contributed by atoms with Gasteiger partial charge in [-0.25, -0.2) is 12.8 Å². The molecule has 134 valence electrons. The van der Waals surface area contributed by atoms with E-state index >= 15 is 0 Å². The summed E-state index contributed by atoms with van der Waals surface area (Å²) in [6, 6.07) is 10.4. The maximum atomic E-state index is 13.5. The molecule has 7 heteroatoms. The van der Waals surface area contributed by atoms with Gasteiger partial charge in [0.25, 0.3) is 0 Å². The van der Waals surface area contributed by atoms with E-state index < -0.39 is 15.7 Å². The first-order chi connectivity index (χ1) is 11.9. The van der Waals surface area contributed by atoms with Crippen LogP contribution in [0.2, 0.25) is 0 Å². The van der Waals surface area contributed by atoms with Crippen LogP contribution in [0.3, 0.4) is 0 Å². The minimum absolute atomic E-state index is 0.0366. The molecule has 2 aromatic rings. The van der Waals surface area contributed by atoms with Gasteiger partial charge >= 0.3 is 0 Å². The molecule has 0 amide bonds. The fourth-order valence-electron chi connectivity index (χ4n) is 2.96. The Morgan fingerprint density at radius 2 is 1.80 bits per heavy atom. The standard InChI is InChI=1S/C18H22FN3O2S/c1-21(2)17-13-15(22-10-8-20-9-11-22)6-7-18(17)25(23,24)16-5-3-4-14(19)12-16/h3-7,12-13,20H,8-11H2,1-2H3. The van der Waals surface area contributed by atoms with E-state index in [4.69, 9.17) is 0 Å². The van der Waals surface area contributed by atoms with E-state index in [2.05, 4.69) is 10.2 Å². The third-order valence-electron chi connectivity index (χ3n) is 4.30. The molecule has 0 spiro atoms. The van der Waals surface area contributed by atoms with Crippen LogP contribution in [0.1, 0.15) is 0 Å². The van der Waals surface area contributed by atoms with Gasteiger partial charge in [-0.1, -0.05) is 6.07 Å². The fourth-order valence-corrected chi connectivity index (χ4v) is 4.51. The van der Waals surface area contributed by atoms with Crippen LogP contribution in [0, 0.1) is 5.82 Å². The van der Waals surface area contributed by atoms with Gasteiger partial charge in [-0.3, -0.25) is 0 Å². The highest BCUT2D eigenvalue weighted by Crippen LogP contribution is 2.33. The second-order valence-corrected chi connectivity index (χ2v) is 8.16. The van der Waals surface area contributed by atoms with Crippen molar-refractivity contribution in [3.63, 3.8) is 0 Å². The van der Waals surface area contributed by atoms with Crippen molar-refractivity contribution in [1.82, 2.24) is 5.32 Å². The third-order valence-corrected chi connectivity index (χ3v) is 6.10. The second kappa shape index (κ2) is 7.01. The summed E-state index contributed by atoms with van der Waals surface area (Å²) in [5, 5.41) is 3.30. The van der Waals surface area contributed by atoms with Gasteiger partial charge in [0, 0.05) is 46.0 Å². The zero-order chi connectivity index (χ0) is 18.0. The van der Waals surface area contributed by atoms with Crippen LogP contribution >= 0.6 is 0 Å². The largest absolute Gasteiger partial charge is 0.377 e. The van der Waals surface area contributed by atoms with E-state index in [1.165, 1.54) is 18.2 Å². The molecule has 1 N–H and O–H groups in total. The van der Waals surface area contributed by atoms with Crippen LogP contribution < -0.4 is 15.1 Å². The molecular weight excluding hydrogens is 341 g/mol. The summed E-state index contributed by atoms with van der Waals surface area (Å²) < 4.78 is 39.5. The molecule has 0 atom stereocenters. The van der Waals surface area contributed by atoms with Crippen LogP contribution in [0.15, 0.2) is 52.3 Å². The van der Waals surface area contributed by atoms with E-state index in [1.807, 2.05) is 26.2 Å². The monoisotopic (exact) mass is 363 g/mol. The van der Waals surface area contributed by atoms with Crippen molar-refractivity contribution in [3.8, 4) is 0 Å². The molecule has 1 fully saturated rings. The molecule has 0 unspecified atom stereocenters. The Hall–Kier alpha value is -2.12. The molecule has 1 aliphatic rings. The Kier molecular flexibility index (Phi) is 4.96. The van der Waals surface area contributed by atoms with Gasteiger partial charge in [0.05, 0.1) is 15.5 Å². The van der Waals surface area contributed by atoms with E-state index in [1.54, 1.807) is 11.0 Å². The summed E-state index contributed by atoms with van der Waals surface area (Å²) in [7, 11) is -0.183. The Labute approximate surface area is 148 Å². The van der Waals surface area contributed by atoms with Gasteiger partial charge in [-0.2, -0.15) is 0 Å². The van der Waals surface area contributed by atoms with Crippen molar-refractivity contribution in [2.75, 3.05) is 50.1 Å². The maximum Gasteiger partial charge on any atom is 0.208 e. The van der Waals surface area contributed by atoms with Crippen LogP contribution in [0.25, 0.3) is 0 Å². The number of halogens is 1. The summed E-state index contributed by atoms with van der Waals surface area (Å²) in [6.45, 7) is 3.56. The zero-order valence-electron chi connectivity index (χ0n) is 14.4. The predicted octanol–water partition coefficient (Wildman–Crippen LogP) is 2.13. The lowest BCUT2D eigenvalue weighted by Crippen LogP contribution is -2.43. The SMILES string of the molecule is CN(C)c1cc(N2CCNCC2)ccc1S(=O)(=O)c1cccc(F)c1. The van der Waals surface area contributed by atoms with E-state index in [-0.39, 0.29) is 9.79 Å². The first-order valence-electron chi connectivity index (χ1n) is 8.17. The first-order valence-corrected chi connectivity index (χ1v) is 9.65.